The van der Waals surface area contributed by atoms with Crippen LogP contribution in [-0.2, 0) is 0 Å². The first-order valence-electron chi connectivity index (χ1n) is 8.20. The average Bonchev–Trinajstić information content (AvgIpc) is 2.68. The Morgan fingerprint density at radius 1 is 0.538 bits per heavy atom. The average molecular weight is 342 g/mol. The Labute approximate surface area is 151 Å². The lowest BCUT2D eigenvalue weighted by Gasteiger charge is -2.08. The second-order valence-electron chi connectivity index (χ2n) is 5.75. The van der Waals surface area contributed by atoms with Crippen molar-refractivity contribution in [2.24, 2.45) is 0 Å². The van der Waals surface area contributed by atoms with Crippen molar-refractivity contribution in [2.45, 2.75) is 0 Å². The van der Waals surface area contributed by atoms with E-state index in [9.17, 15) is 0 Å². The fourth-order valence-electron chi connectivity index (χ4n) is 2.95. The quantitative estimate of drug-likeness (QED) is 0.443. The minimum atomic E-state index is -1.83. The minimum absolute atomic E-state index is 1.25. The predicted molar refractivity (Wildman–Crippen MR) is 105 cm³/mol. The molecule has 0 heterocycles. The van der Waals surface area contributed by atoms with Crippen molar-refractivity contribution in [2.75, 3.05) is 0 Å². The fraction of sp³-hybridized carbons (Fsp3) is 0. The summed E-state index contributed by atoms with van der Waals surface area (Å²) in [5.74, 6) is 0. The fourth-order valence-corrected chi connectivity index (χ4v) is 2.95. The molecule has 0 aliphatic heterocycles. The molecule has 0 unspecified atom stereocenters. The number of carboxylic acid groups (broad SMARTS) is 2. The molecule has 0 atom stereocenters. The Morgan fingerprint density at radius 2 is 1.04 bits per heavy atom. The van der Waals surface area contributed by atoms with Gasteiger partial charge in [0, 0.05) is 0 Å². The Hall–Kier alpha value is -3.59. The predicted octanol–water partition coefficient (Wildman–Crippen LogP) is 6.40. The zero-order chi connectivity index (χ0) is 18.4. The van der Waals surface area contributed by atoms with E-state index in [-0.39, 0.29) is 0 Å². The van der Waals surface area contributed by atoms with Gasteiger partial charge in [-0.25, -0.2) is 4.79 Å². The number of hydrogen-bond acceptors (Lipinski definition) is 1. The van der Waals surface area contributed by atoms with E-state index in [1.54, 1.807) is 0 Å². The maximum absolute atomic E-state index is 8.56. The van der Waals surface area contributed by atoms with Gasteiger partial charge in [0.15, 0.2) is 0 Å². The molecule has 0 amide bonds. The Balaban J connectivity index is 0.000000447. The summed E-state index contributed by atoms with van der Waals surface area (Å²) in [5.41, 5.74) is 5.06. The third kappa shape index (κ3) is 4.08. The SMILES string of the molecule is O=C(O)O.c1ccc(-c2ccc(-c3cccc4ccccc34)cc2)cc1. The van der Waals surface area contributed by atoms with E-state index < -0.39 is 6.16 Å². The van der Waals surface area contributed by atoms with Crippen LogP contribution in [0.2, 0.25) is 0 Å². The molecule has 4 aromatic rings. The molecule has 4 aromatic carbocycles. The molecular weight excluding hydrogens is 324 g/mol. The number of fused-ring (bicyclic) bond motifs is 1. The molecule has 0 fully saturated rings. The second-order valence-corrected chi connectivity index (χ2v) is 5.75. The molecule has 0 radical (unpaired) electrons. The highest BCUT2D eigenvalue weighted by Crippen LogP contribution is 2.30. The largest absolute Gasteiger partial charge is 0.503 e. The molecule has 0 saturated heterocycles. The van der Waals surface area contributed by atoms with Crippen LogP contribution in [0.15, 0.2) is 97.1 Å². The molecule has 0 aliphatic carbocycles. The molecule has 0 aromatic heterocycles. The topological polar surface area (TPSA) is 57.5 Å². The maximum atomic E-state index is 8.56. The van der Waals surface area contributed by atoms with Gasteiger partial charge in [-0.3, -0.25) is 0 Å². The highest BCUT2D eigenvalue weighted by Gasteiger charge is 2.04. The van der Waals surface area contributed by atoms with Crippen LogP contribution in [0.25, 0.3) is 33.0 Å². The lowest BCUT2D eigenvalue weighted by Crippen LogP contribution is -1.82. The normalized spacial score (nSPS) is 10.0. The van der Waals surface area contributed by atoms with Crippen molar-refractivity contribution in [3.8, 4) is 22.3 Å². The summed E-state index contributed by atoms with van der Waals surface area (Å²) in [5, 5.41) is 16.5. The third-order valence-electron chi connectivity index (χ3n) is 4.09. The van der Waals surface area contributed by atoms with E-state index in [0.29, 0.717) is 0 Å². The van der Waals surface area contributed by atoms with Crippen molar-refractivity contribution in [3.63, 3.8) is 0 Å². The Bertz CT molecular complexity index is 997. The van der Waals surface area contributed by atoms with Crippen LogP contribution in [0.5, 0.6) is 0 Å². The highest BCUT2D eigenvalue weighted by atomic mass is 16.6. The number of carbonyl (C=O) groups is 1. The van der Waals surface area contributed by atoms with Crippen LogP contribution in [0.3, 0.4) is 0 Å². The van der Waals surface area contributed by atoms with Gasteiger partial charge in [-0.2, -0.15) is 0 Å². The third-order valence-corrected chi connectivity index (χ3v) is 4.09. The van der Waals surface area contributed by atoms with E-state index in [2.05, 4.69) is 91.0 Å². The highest BCUT2D eigenvalue weighted by molar-refractivity contribution is 5.96. The molecule has 26 heavy (non-hydrogen) atoms. The van der Waals surface area contributed by atoms with Crippen LogP contribution in [-0.4, -0.2) is 16.4 Å². The zero-order valence-electron chi connectivity index (χ0n) is 14.0. The Morgan fingerprint density at radius 3 is 1.73 bits per heavy atom. The summed E-state index contributed by atoms with van der Waals surface area (Å²) in [6.07, 6.45) is -1.83. The second kappa shape index (κ2) is 7.99. The zero-order valence-corrected chi connectivity index (χ0v) is 14.0. The molecule has 3 heteroatoms. The van der Waals surface area contributed by atoms with Gasteiger partial charge in [0.25, 0.3) is 0 Å². The van der Waals surface area contributed by atoms with Crippen molar-refractivity contribution in [3.05, 3.63) is 97.1 Å². The van der Waals surface area contributed by atoms with Gasteiger partial charge in [0.1, 0.15) is 0 Å². The van der Waals surface area contributed by atoms with Gasteiger partial charge in [-0.15, -0.1) is 0 Å². The van der Waals surface area contributed by atoms with E-state index in [1.165, 1.54) is 33.0 Å². The minimum Gasteiger partial charge on any atom is -0.450 e. The van der Waals surface area contributed by atoms with Gasteiger partial charge in [-0.05, 0) is 33.0 Å². The van der Waals surface area contributed by atoms with E-state index >= 15 is 0 Å². The maximum Gasteiger partial charge on any atom is 0.503 e. The molecule has 0 spiro atoms. The summed E-state index contributed by atoms with van der Waals surface area (Å²) in [4.78, 5) is 8.56. The summed E-state index contributed by atoms with van der Waals surface area (Å²) >= 11 is 0. The number of benzene rings is 4. The van der Waals surface area contributed by atoms with Gasteiger partial charge in [0.05, 0.1) is 0 Å². The van der Waals surface area contributed by atoms with Crippen molar-refractivity contribution in [1.29, 1.82) is 0 Å². The monoisotopic (exact) mass is 342 g/mol. The first-order valence-corrected chi connectivity index (χ1v) is 8.20. The first kappa shape index (κ1) is 17.2. The summed E-state index contributed by atoms with van der Waals surface area (Å²) in [6, 6.07) is 34.4. The summed E-state index contributed by atoms with van der Waals surface area (Å²) in [7, 11) is 0. The van der Waals surface area contributed by atoms with Gasteiger partial charge in [-0.1, -0.05) is 97.1 Å². The molecule has 2 N–H and O–H groups in total. The van der Waals surface area contributed by atoms with Crippen LogP contribution in [0.4, 0.5) is 4.79 Å². The molecule has 128 valence electrons. The molecule has 0 saturated carbocycles. The smallest absolute Gasteiger partial charge is 0.450 e. The van der Waals surface area contributed by atoms with Gasteiger partial charge in [0.2, 0.25) is 0 Å². The van der Waals surface area contributed by atoms with Crippen molar-refractivity contribution >= 4 is 16.9 Å². The number of hydrogen-bond donors (Lipinski definition) is 2. The van der Waals surface area contributed by atoms with Crippen molar-refractivity contribution < 1.29 is 15.0 Å². The lowest BCUT2D eigenvalue weighted by molar-refractivity contribution is 0.137. The van der Waals surface area contributed by atoms with Gasteiger partial charge < -0.3 is 10.2 Å². The van der Waals surface area contributed by atoms with Gasteiger partial charge >= 0.3 is 6.16 Å². The number of rotatable bonds is 2. The van der Waals surface area contributed by atoms with Crippen LogP contribution >= 0.6 is 0 Å². The standard InChI is InChI=1S/C22H16.CH2O3/c1-2-7-17(8-3-1)18-13-15-20(16-14-18)22-12-6-10-19-9-4-5-11-21(19)22;2-1(3)4/h1-16H;(H2,2,3,4). The van der Waals surface area contributed by atoms with E-state index in [0.717, 1.165) is 0 Å². The summed E-state index contributed by atoms with van der Waals surface area (Å²) in [6.45, 7) is 0. The van der Waals surface area contributed by atoms with E-state index in [1.807, 2.05) is 6.07 Å². The molecule has 0 bridgehead atoms. The van der Waals surface area contributed by atoms with Crippen LogP contribution in [0, 0.1) is 0 Å². The van der Waals surface area contributed by atoms with Crippen LogP contribution in [0.1, 0.15) is 0 Å². The van der Waals surface area contributed by atoms with E-state index in [4.69, 9.17) is 15.0 Å². The molecule has 3 nitrogen and oxygen atoms in total. The molecule has 0 aliphatic rings. The molecule has 4 rings (SSSR count). The molecular formula is C23H18O3. The summed E-state index contributed by atoms with van der Waals surface area (Å²) < 4.78 is 0. The first-order chi connectivity index (χ1) is 12.6. The lowest BCUT2D eigenvalue weighted by atomic mass is 9.96. The van der Waals surface area contributed by atoms with Crippen molar-refractivity contribution in [1.82, 2.24) is 0 Å². The van der Waals surface area contributed by atoms with Crippen LogP contribution < -0.4 is 0 Å². The Kier molecular flexibility index (Phi) is 5.30.